The van der Waals surface area contributed by atoms with Crippen LogP contribution in [-0.2, 0) is 0 Å². The van der Waals surface area contributed by atoms with Crippen molar-refractivity contribution in [1.82, 2.24) is 4.90 Å². The van der Waals surface area contributed by atoms with E-state index in [0.717, 1.165) is 17.8 Å². The maximum atomic E-state index is 11.2. The first-order chi connectivity index (χ1) is 11.0. The molecule has 0 radical (unpaired) electrons. The van der Waals surface area contributed by atoms with Crippen molar-refractivity contribution in [2.75, 3.05) is 14.1 Å². The molecule has 1 nitrogen and oxygen atoms in total. The minimum absolute atomic E-state index is 0.481. The first-order valence-electron chi connectivity index (χ1n) is 9.97. The van der Waals surface area contributed by atoms with Gasteiger partial charge >= 0.3 is 0 Å². The Morgan fingerprint density at radius 3 is 0.760 bits per heavy atom. The van der Waals surface area contributed by atoms with Crippen molar-refractivity contribution in [3.63, 3.8) is 0 Å². The average Bonchev–Trinajstić information content (AvgIpc) is 2.38. The number of nitrogens with zero attached hydrogens (tertiary/aromatic N) is 1. The van der Waals surface area contributed by atoms with Crippen LogP contribution in [0.4, 0.5) is 8.78 Å². The Morgan fingerprint density at radius 2 is 0.760 bits per heavy atom. The van der Waals surface area contributed by atoms with E-state index >= 15 is 0 Å². The molecule has 0 N–H and O–H groups in total. The SMILES string of the molecule is CC(C)C.CC(C)C.CC(C)C(F)F.CC(C)N(C)C.CCC(C)C. The molecule has 25 heavy (non-hydrogen) atoms. The minimum Gasteiger partial charge on any atom is -0.307 e. The third-order valence-electron chi connectivity index (χ3n) is 2.35. The first-order valence-corrected chi connectivity index (χ1v) is 9.97. The van der Waals surface area contributed by atoms with E-state index in [9.17, 15) is 8.78 Å². The first kappa shape index (κ1) is 35.8. The van der Waals surface area contributed by atoms with Crippen LogP contribution in [0.3, 0.4) is 0 Å². The summed E-state index contributed by atoms with van der Waals surface area (Å²) in [5.74, 6) is 2.07. The highest BCUT2D eigenvalue weighted by Crippen LogP contribution is 2.04. The average molecular weight is 370 g/mol. The van der Waals surface area contributed by atoms with Gasteiger partial charge in [0.05, 0.1) is 0 Å². The van der Waals surface area contributed by atoms with E-state index in [2.05, 4.69) is 95.2 Å². The van der Waals surface area contributed by atoms with Gasteiger partial charge in [0.25, 0.3) is 0 Å². The molecule has 3 heteroatoms. The van der Waals surface area contributed by atoms with E-state index in [1.807, 2.05) is 0 Å². The van der Waals surface area contributed by atoms with E-state index in [0.29, 0.717) is 6.04 Å². The van der Waals surface area contributed by atoms with E-state index in [1.165, 1.54) is 20.3 Å². The van der Waals surface area contributed by atoms with Gasteiger partial charge in [0.15, 0.2) is 0 Å². The maximum absolute atomic E-state index is 11.2. The number of rotatable bonds is 3. The fraction of sp³-hybridized carbons (Fsp3) is 1.00. The Bertz CT molecular complexity index is 163. The summed E-state index contributed by atoms with van der Waals surface area (Å²) in [5, 5.41) is 0. The van der Waals surface area contributed by atoms with Crippen LogP contribution in [0.1, 0.15) is 96.4 Å². The van der Waals surface area contributed by atoms with Crippen molar-refractivity contribution >= 4 is 0 Å². The topological polar surface area (TPSA) is 3.24 Å². The second kappa shape index (κ2) is 26.1. The van der Waals surface area contributed by atoms with Crippen LogP contribution in [0.5, 0.6) is 0 Å². The Balaban J connectivity index is -0.0000000675. The van der Waals surface area contributed by atoms with E-state index in [-0.39, 0.29) is 0 Å². The fourth-order valence-corrected chi connectivity index (χ4v) is 0. The van der Waals surface area contributed by atoms with Gasteiger partial charge in [-0.3, -0.25) is 0 Å². The second-order valence-electron chi connectivity index (χ2n) is 8.90. The van der Waals surface area contributed by atoms with Crippen LogP contribution >= 0.6 is 0 Å². The standard InChI is InChI=1S/C5H13N.C5H12.C4H8F2.2C4H10/c1-5(2)6(3)4;1-4-5(2)3;1-3(2)4(5)6;2*1-4(2)3/h5H,1-4H3;5H,4H2,1-3H3;3-4H,1-2H3;2*4H,1-3H3. The van der Waals surface area contributed by atoms with Crippen molar-refractivity contribution in [3.8, 4) is 0 Å². The van der Waals surface area contributed by atoms with E-state index < -0.39 is 12.3 Å². The molecule has 0 unspecified atom stereocenters. The molecular formula is C22H53F2N. The van der Waals surface area contributed by atoms with E-state index in [4.69, 9.17) is 0 Å². The van der Waals surface area contributed by atoms with Crippen molar-refractivity contribution in [2.45, 2.75) is 109 Å². The monoisotopic (exact) mass is 369 g/mol. The van der Waals surface area contributed by atoms with Crippen molar-refractivity contribution in [2.24, 2.45) is 23.7 Å². The fourth-order valence-electron chi connectivity index (χ4n) is 0. The Kier molecular flexibility index (Phi) is 37.4. The highest BCUT2D eigenvalue weighted by atomic mass is 19.3. The van der Waals surface area contributed by atoms with Crippen LogP contribution in [-0.4, -0.2) is 31.5 Å². The lowest BCUT2D eigenvalue weighted by atomic mass is 10.2. The Hall–Kier alpha value is -0.180. The van der Waals surface area contributed by atoms with Gasteiger partial charge in [-0.15, -0.1) is 0 Å². The molecule has 0 heterocycles. The molecule has 0 aliphatic heterocycles. The molecule has 0 aliphatic carbocycles. The summed E-state index contributed by atoms with van der Waals surface area (Å²) in [7, 11) is 4.15. The molecule has 0 fully saturated rings. The zero-order valence-corrected chi connectivity index (χ0v) is 20.4. The molecule has 160 valence electrons. The van der Waals surface area contributed by atoms with Crippen molar-refractivity contribution in [3.05, 3.63) is 0 Å². The molecular weight excluding hydrogens is 316 g/mol. The Morgan fingerprint density at radius 1 is 0.640 bits per heavy atom. The highest BCUT2D eigenvalue weighted by molar-refractivity contribution is 4.46. The summed E-state index contributed by atoms with van der Waals surface area (Å²) in [4.78, 5) is 2.17. The van der Waals surface area contributed by atoms with Crippen LogP contribution in [0.2, 0.25) is 0 Å². The van der Waals surface area contributed by atoms with Crippen molar-refractivity contribution < 1.29 is 8.78 Å². The predicted octanol–water partition coefficient (Wildman–Crippen LogP) is 8.24. The molecule has 0 aromatic carbocycles. The van der Waals surface area contributed by atoms with Crippen LogP contribution in [0.25, 0.3) is 0 Å². The van der Waals surface area contributed by atoms with Gasteiger partial charge in [0.1, 0.15) is 0 Å². The highest BCUT2D eigenvalue weighted by Gasteiger charge is 2.05. The van der Waals surface area contributed by atoms with Crippen molar-refractivity contribution in [1.29, 1.82) is 0 Å². The largest absolute Gasteiger partial charge is 0.307 e. The van der Waals surface area contributed by atoms with Crippen LogP contribution in [0, 0.1) is 23.7 Å². The summed E-state index contributed by atoms with van der Waals surface area (Å²) >= 11 is 0. The molecule has 0 amide bonds. The molecule has 0 spiro atoms. The number of alkyl halides is 2. The zero-order valence-electron chi connectivity index (χ0n) is 20.4. The lowest BCUT2D eigenvalue weighted by Gasteiger charge is -2.12. The maximum Gasteiger partial charge on any atom is 0.240 e. The Labute approximate surface area is 161 Å². The number of hydrogen-bond acceptors (Lipinski definition) is 1. The van der Waals surface area contributed by atoms with Gasteiger partial charge in [-0.25, -0.2) is 8.78 Å². The van der Waals surface area contributed by atoms with Gasteiger partial charge in [0, 0.05) is 12.0 Å². The van der Waals surface area contributed by atoms with Gasteiger partial charge < -0.3 is 4.90 Å². The van der Waals surface area contributed by atoms with Gasteiger partial charge in [-0.2, -0.15) is 0 Å². The molecule has 0 rings (SSSR count). The molecule has 0 atom stereocenters. The minimum atomic E-state index is -2.15. The summed E-state index contributed by atoms with van der Waals surface area (Å²) in [6, 6.07) is 0.685. The smallest absolute Gasteiger partial charge is 0.240 e. The molecule has 0 bridgehead atoms. The zero-order chi connectivity index (χ0) is 21.7. The second-order valence-corrected chi connectivity index (χ2v) is 8.90. The summed E-state index contributed by atoms with van der Waals surface area (Å²) in [6.07, 6.45) is -0.843. The quantitative estimate of drug-likeness (QED) is 0.484. The normalized spacial score (nSPS) is 10.1. The summed E-state index contributed by atoms with van der Waals surface area (Å²) in [5.41, 5.74) is 0. The van der Waals surface area contributed by atoms with E-state index in [1.54, 1.807) is 0 Å². The van der Waals surface area contributed by atoms with Gasteiger partial charge in [-0.1, -0.05) is 82.6 Å². The number of halogens is 2. The third-order valence-corrected chi connectivity index (χ3v) is 2.35. The molecule has 0 saturated heterocycles. The number of hydrogen-bond donors (Lipinski definition) is 0. The lowest BCUT2D eigenvalue weighted by molar-refractivity contribution is 0.0955. The van der Waals surface area contributed by atoms with Gasteiger partial charge in [0.2, 0.25) is 6.43 Å². The van der Waals surface area contributed by atoms with Crippen LogP contribution in [0.15, 0.2) is 0 Å². The molecule has 0 aromatic heterocycles. The predicted molar refractivity (Wildman–Crippen MR) is 116 cm³/mol. The molecule has 0 aromatic rings. The molecule has 0 saturated carbocycles. The molecule has 0 aliphatic rings. The van der Waals surface area contributed by atoms with Crippen LogP contribution < -0.4 is 0 Å². The summed E-state index contributed by atoms with van der Waals surface area (Å²) in [6.45, 7) is 27.0. The van der Waals surface area contributed by atoms with Gasteiger partial charge in [-0.05, 0) is 45.7 Å². The summed E-state index contributed by atoms with van der Waals surface area (Å²) < 4.78 is 22.3. The lowest BCUT2D eigenvalue weighted by Crippen LogP contribution is -2.20. The third kappa shape index (κ3) is 118.